The third-order valence-corrected chi connectivity index (χ3v) is 2.24. The van der Waals surface area contributed by atoms with Crippen LogP contribution in [0.2, 0.25) is 0 Å². The van der Waals surface area contributed by atoms with Gasteiger partial charge in [-0.25, -0.2) is 0 Å². The van der Waals surface area contributed by atoms with Crippen molar-refractivity contribution in [2.75, 3.05) is 6.61 Å². The van der Waals surface area contributed by atoms with E-state index in [9.17, 15) is 10.2 Å². The molecule has 84 valence electrons. The zero-order chi connectivity index (χ0) is 9.30. The quantitative estimate of drug-likeness (QED) is 0.297. The standard InChI is InChI=1S/C6H11ClNO4.4Ac/c7-6-3(8)5(11)4(10)2(1-9)12-6;;;;/h2-6,8-11H,1H2;;;;/q-1;;;;/t2?,3?,4-,5-,6+;;;;/m0..../s1. The smallest absolute Gasteiger partial charge is 0.118 e. The van der Waals surface area contributed by atoms with E-state index in [2.05, 4.69) is 0 Å². The molecule has 1 saturated heterocycles. The van der Waals surface area contributed by atoms with Crippen LogP contribution in [0.25, 0.3) is 5.73 Å². The van der Waals surface area contributed by atoms with E-state index < -0.39 is 36.5 Å². The number of hydrogen-bond donors (Lipinski definition) is 3. The van der Waals surface area contributed by atoms with Crippen LogP contribution in [-0.4, -0.2) is 51.8 Å². The Kier molecular flexibility index (Phi) is 29.3. The summed E-state index contributed by atoms with van der Waals surface area (Å²) in [6.07, 6.45) is -3.41. The van der Waals surface area contributed by atoms with Gasteiger partial charge in [0, 0.05) is 176 Å². The van der Waals surface area contributed by atoms with Crippen molar-refractivity contribution in [3.8, 4) is 0 Å². The van der Waals surface area contributed by atoms with Crippen LogP contribution in [0.1, 0.15) is 0 Å². The van der Waals surface area contributed by atoms with Gasteiger partial charge in [-0.15, -0.1) is 0 Å². The first kappa shape index (κ1) is 29.8. The Labute approximate surface area is 243 Å². The van der Waals surface area contributed by atoms with Crippen LogP contribution in [0, 0.1) is 176 Å². The number of aliphatic hydroxyl groups excluding tert-OH is 3. The van der Waals surface area contributed by atoms with Crippen molar-refractivity contribution in [2.45, 2.75) is 29.9 Å². The van der Waals surface area contributed by atoms with Crippen LogP contribution in [-0.2, 0) is 4.74 Å². The van der Waals surface area contributed by atoms with Crippen molar-refractivity contribution in [3.63, 3.8) is 0 Å². The second-order valence-corrected chi connectivity index (χ2v) is 3.15. The van der Waals surface area contributed by atoms with Crippen LogP contribution in [0.5, 0.6) is 0 Å². The van der Waals surface area contributed by atoms with Crippen molar-refractivity contribution in [1.82, 2.24) is 0 Å². The first-order valence-electron chi connectivity index (χ1n) is 3.55. The molecule has 4 N–H and O–H groups in total. The van der Waals surface area contributed by atoms with Gasteiger partial charge < -0.3 is 25.8 Å². The molecule has 0 aliphatic carbocycles. The first-order chi connectivity index (χ1) is 5.57. The van der Waals surface area contributed by atoms with Gasteiger partial charge in [0.15, 0.2) is 0 Å². The molecule has 1 aliphatic rings. The normalized spacial score (nSPS) is 36.9. The Hall–Kier alpha value is 5.86. The van der Waals surface area contributed by atoms with Gasteiger partial charge in [-0.1, -0.05) is 17.6 Å². The van der Waals surface area contributed by atoms with E-state index in [0.29, 0.717) is 0 Å². The maximum atomic E-state index is 9.21. The summed E-state index contributed by atoms with van der Waals surface area (Å²) >= 11 is 5.51. The van der Waals surface area contributed by atoms with Gasteiger partial charge in [0.05, 0.1) is 12.7 Å². The molecule has 0 spiro atoms. The molecule has 0 saturated carbocycles. The number of hydrogen-bond acceptors (Lipinski definition) is 4. The van der Waals surface area contributed by atoms with Crippen LogP contribution in [0.4, 0.5) is 0 Å². The summed E-state index contributed by atoms with van der Waals surface area (Å²) in [6, 6.07) is -1.08. The third-order valence-electron chi connectivity index (χ3n) is 1.87. The minimum atomic E-state index is -1.27. The molecule has 0 amide bonds. The first-order valence-corrected chi connectivity index (χ1v) is 3.99. The molecule has 1 aliphatic heterocycles. The van der Waals surface area contributed by atoms with E-state index in [1.807, 2.05) is 0 Å². The average molecular weight is 1100 g/mol. The molecule has 5 atom stereocenters. The molecule has 5 nitrogen and oxygen atoms in total. The molecule has 1 heterocycles. The number of nitrogens with one attached hydrogen (secondary N) is 1. The Morgan fingerprint density at radius 1 is 1.06 bits per heavy atom. The molecule has 4 radical (unpaired) electrons. The molecule has 0 aromatic rings. The summed E-state index contributed by atoms with van der Waals surface area (Å²) < 4.78 is 4.85. The monoisotopic (exact) mass is 1100 g/mol. The number of rotatable bonds is 1. The molecule has 10 heteroatoms. The van der Waals surface area contributed by atoms with E-state index in [4.69, 9.17) is 27.2 Å². The summed E-state index contributed by atoms with van der Waals surface area (Å²) in [5.74, 6) is 0. The van der Waals surface area contributed by atoms with E-state index in [0.717, 1.165) is 0 Å². The molecule has 0 aromatic carbocycles. The van der Waals surface area contributed by atoms with Gasteiger partial charge in [0.25, 0.3) is 0 Å². The maximum absolute atomic E-state index is 9.21. The molecule has 2 unspecified atom stereocenters. The van der Waals surface area contributed by atoms with Crippen molar-refractivity contribution in [1.29, 1.82) is 0 Å². The van der Waals surface area contributed by atoms with Crippen molar-refractivity contribution in [2.24, 2.45) is 0 Å². The zero-order valence-corrected chi connectivity index (χ0v) is 28.3. The topological polar surface area (TPSA) is 93.7 Å². The number of aliphatic hydroxyl groups is 3. The molecule has 0 aromatic heterocycles. The maximum Gasteiger partial charge on any atom is 0.118 e. The van der Waals surface area contributed by atoms with Crippen LogP contribution < -0.4 is 0 Å². The summed E-state index contributed by atoms with van der Waals surface area (Å²) in [7, 11) is 0. The zero-order valence-electron chi connectivity index (χ0n) is 8.53. The summed E-state index contributed by atoms with van der Waals surface area (Å²) in [6.45, 7) is -0.422. The number of alkyl halides is 1. The van der Waals surface area contributed by atoms with Gasteiger partial charge in [-0.3, -0.25) is 0 Å². The van der Waals surface area contributed by atoms with E-state index in [1.165, 1.54) is 0 Å². The van der Waals surface area contributed by atoms with Gasteiger partial charge in [-0.05, 0) is 0 Å². The fraction of sp³-hybridized carbons (Fsp3) is 1.00. The van der Waals surface area contributed by atoms with Gasteiger partial charge in [-0.2, -0.15) is 0 Å². The summed E-state index contributed by atoms with van der Waals surface area (Å²) in [5, 5.41) is 27.1. The Morgan fingerprint density at radius 3 is 1.88 bits per heavy atom. The molecule has 16 heavy (non-hydrogen) atoms. The predicted molar refractivity (Wildman–Crippen MR) is 41.7 cm³/mol. The third kappa shape index (κ3) is 9.10. The summed E-state index contributed by atoms with van der Waals surface area (Å²) in [5.41, 5.74) is 6.25. The fourth-order valence-electron chi connectivity index (χ4n) is 1.07. The van der Waals surface area contributed by atoms with Crippen molar-refractivity contribution in [3.05, 3.63) is 5.73 Å². The second-order valence-electron chi connectivity index (χ2n) is 2.72. The number of halogens is 1. The van der Waals surface area contributed by atoms with Crippen LogP contribution in [0.3, 0.4) is 0 Å². The fourth-order valence-corrected chi connectivity index (χ4v) is 1.35. The molecule has 1 rings (SSSR count). The van der Waals surface area contributed by atoms with E-state index in [1.54, 1.807) is 0 Å². The molecular weight excluding hydrogens is 1090 g/mol. The Morgan fingerprint density at radius 2 is 1.50 bits per heavy atom. The minimum absolute atomic E-state index is 0. The van der Waals surface area contributed by atoms with Gasteiger partial charge >= 0.3 is 0 Å². The van der Waals surface area contributed by atoms with Gasteiger partial charge in [0.1, 0.15) is 17.8 Å². The SMILES string of the molecule is [Ac].[Ac].[Ac].[Ac].[NH-]C1[C@H](Cl)OC(CO)[C@H](O)[C@H]1O. The van der Waals surface area contributed by atoms with Crippen LogP contribution in [0.15, 0.2) is 0 Å². The minimum Gasteiger partial charge on any atom is -0.669 e. The van der Waals surface area contributed by atoms with Crippen molar-refractivity contribution >= 4 is 11.6 Å². The summed E-state index contributed by atoms with van der Waals surface area (Å²) in [4.78, 5) is 0. The second kappa shape index (κ2) is 15.7. The van der Waals surface area contributed by atoms with Crippen LogP contribution >= 0.6 is 11.6 Å². The van der Waals surface area contributed by atoms with E-state index >= 15 is 0 Å². The Balaban J connectivity index is -0.000000180. The average Bonchev–Trinajstić information content (AvgIpc) is 2.08. The van der Waals surface area contributed by atoms with E-state index in [-0.39, 0.29) is 176 Å². The predicted octanol–water partition coefficient (Wildman–Crippen LogP) is -0.915. The Bertz CT molecular complexity index is 167. The largest absolute Gasteiger partial charge is 0.669 e. The molecule has 1 fully saturated rings. The number of ether oxygens (including phenoxy) is 1. The van der Waals surface area contributed by atoms with Gasteiger partial charge in [0.2, 0.25) is 0 Å². The molecular formula is C6H11Ac4ClNO4-. The molecule has 0 bridgehead atoms. The van der Waals surface area contributed by atoms with Crippen molar-refractivity contribution < 1.29 is 196 Å².